The molecule has 0 atom stereocenters. The van der Waals surface area contributed by atoms with E-state index in [0.29, 0.717) is 19.8 Å². The molecule has 146 valence electrons. The molecular formula is C22H27N5O. The maximum atomic E-state index is 5.72. The van der Waals surface area contributed by atoms with E-state index in [2.05, 4.69) is 32.4 Å². The summed E-state index contributed by atoms with van der Waals surface area (Å²) < 4.78 is 7.60. The third-order valence-electron chi connectivity index (χ3n) is 4.29. The van der Waals surface area contributed by atoms with Gasteiger partial charge in [-0.1, -0.05) is 48.5 Å². The van der Waals surface area contributed by atoms with E-state index in [4.69, 9.17) is 4.74 Å². The molecule has 28 heavy (non-hydrogen) atoms. The Morgan fingerprint density at radius 2 is 1.79 bits per heavy atom. The number of nitrogens with zero attached hydrogens (tertiary/aromatic N) is 4. The maximum absolute atomic E-state index is 5.72. The first kappa shape index (κ1) is 19.6. The Balaban J connectivity index is 1.43. The first-order valence-corrected chi connectivity index (χ1v) is 9.38. The van der Waals surface area contributed by atoms with Crippen molar-refractivity contribution in [1.82, 2.24) is 20.0 Å². The molecule has 0 saturated carbocycles. The van der Waals surface area contributed by atoms with Crippen LogP contribution in [0, 0.1) is 0 Å². The highest BCUT2D eigenvalue weighted by molar-refractivity contribution is 5.79. The minimum absolute atomic E-state index is 0.619. The number of rotatable bonds is 8. The Hall–Kier alpha value is -3.12. The molecule has 0 aliphatic carbocycles. The normalized spacial score (nSPS) is 11.4. The van der Waals surface area contributed by atoms with Gasteiger partial charge in [0.15, 0.2) is 5.96 Å². The van der Waals surface area contributed by atoms with Crippen molar-refractivity contribution < 1.29 is 4.74 Å². The van der Waals surface area contributed by atoms with Gasteiger partial charge in [-0.15, -0.1) is 0 Å². The molecular weight excluding hydrogens is 350 g/mol. The Bertz CT molecular complexity index is 861. The summed E-state index contributed by atoms with van der Waals surface area (Å²) in [6.45, 7) is 2.66. The van der Waals surface area contributed by atoms with Gasteiger partial charge in [0.1, 0.15) is 0 Å². The van der Waals surface area contributed by atoms with Crippen molar-refractivity contribution in [3.63, 3.8) is 0 Å². The van der Waals surface area contributed by atoms with Gasteiger partial charge in [0, 0.05) is 38.9 Å². The molecule has 1 N–H and O–H groups in total. The lowest BCUT2D eigenvalue weighted by Gasteiger charge is -2.21. The Labute approximate surface area is 166 Å². The smallest absolute Gasteiger partial charge is 0.193 e. The van der Waals surface area contributed by atoms with Crippen molar-refractivity contribution in [3.8, 4) is 5.69 Å². The maximum Gasteiger partial charge on any atom is 0.193 e. The highest BCUT2D eigenvalue weighted by Gasteiger charge is 2.08. The van der Waals surface area contributed by atoms with Gasteiger partial charge in [-0.25, -0.2) is 4.68 Å². The fourth-order valence-corrected chi connectivity index (χ4v) is 2.90. The second kappa shape index (κ2) is 10.3. The predicted molar refractivity (Wildman–Crippen MR) is 112 cm³/mol. The standard InChI is InChI=1S/C22H27N5O/c1-23-22(24-13-14-28-18-19-9-5-3-6-10-19)26(2)16-20-15-25-27(17-20)21-11-7-4-8-12-21/h3-12,15,17H,13-14,16,18H2,1-2H3,(H,23,24). The van der Waals surface area contributed by atoms with Crippen LogP contribution < -0.4 is 5.32 Å². The zero-order valence-electron chi connectivity index (χ0n) is 16.5. The van der Waals surface area contributed by atoms with Gasteiger partial charge in [0.05, 0.1) is 25.1 Å². The van der Waals surface area contributed by atoms with Crippen LogP contribution in [0.1, 0.15) is 11.1 Å². The Morgan fingerprint density at radius 3 is 2.50 bits per heavy atom. The first-order chi connectivity index (χ1) is 13.8. The summed E-state index contributed by atoms with van der Waals surface area (Å²) in [5.41, 5.74) is 3.35. The van der Waals surface area contributed by atoms with Gasteiger partial charge in [-0.05, 0) is 17.7 Å². The zero-order chi connectivity index (χ0) is 19.6. The Morgan fingerprint density at radius 1 is 1.07 bits per heavy atom. The molecule has 0 aliphatic heterocycles. The van der Waals surface area contributed by atoms with E-state index >= 15 is 0 Å². The molecule has 0 bridgehead atoms. The minimum Gasteiger partial charge on any atom is -0.375 e. The van der Waals surface area contributed by atoms with Crippen LogP contribution in [0.5, 0.6) is 0 Å². The van der Waals surface area contributed by atoms with Crippen LogP contribution >= 0.6 is 0 Å². The van der Waals surface area contributed by atoms with Crippen molar-refractivity contribution in [2.75, 3.05) is 27.2 Å². The lowest BCUT2D eigenvalue weighted by atomic mass is 10.2. The second-order valence-electron chi connectivity index (χ2n) is 6.50. The van der Waals surface area contributed by atoms with E-state index in [0.717, 1.165) is 23.8 Å². The van der Waals surface area contributed by atoms with Crippen LogP contribution in [-0.4, -0.2) is 47.9 Å². The van der Waals surface area contributed by atoms with E-state index in [9.17, 15) is 0 Å². The number of guanidine groups is 1. The third kappa shape index (κ3) is 5.69. The lowest BCUT2D eigenvalue weighted by molar-refractivity contribution is 0.125. The highest BCUT2D eigenvalue weighted by Crippen LogP contribution is 2.09. The van der Waals surface area contributed by atoms with E-state index in [1.807, 2.05) is 72.7 Å². The van der Waals surface area contributed by atoms with Gasteiger partial charge in [-0.2, -0.15) is 5.10 Å². The average Bonchev–Trinajstić information content (AvgIpc) is 3.20. The second-order valence-corrected chi connectivity index (χ2v) is 6.50. The highest BCUT2D eigenvalue weighted by atomic mass is 16.5. The van der Waals surface area contributed by atoms with Crippen LogP contribution in [-0.2, 0) is 17.9 Å². The SMILES string of the molecule is CN=C(NCCOCc1ccccc1)N(C)Cc1cnn(-c2ccccc2)c1. The first-order valence-electron chi connectivity index (χ1n) is 9.38. The molecule has 6 heteroatoms. The number of nitrogens with one attached hydrogen (secondary N) is 1. The average molecular weight is 377 g/mol. The number of para-hydroxylation sites is 1. The van der Waals surface area contributed by atoms with E-state index in [1.165, 1.54) is 5.56 Å². The molecule has 1 aromatic heterocycles. The van der Waals surface area contributed by atoms with Gasteiger partial charge >= 0.3 is 0 Å². The fraction of sp³-hybridized carbons (Fsp3) is 0.273. The molecule has 3 rings (SSSR count). The van der Waals surface area contributed by atoms with Crippen LogP contribution in [0.3, 0.4) is 0 Å². The van der Waals surface area contributed by atoms with E-state index < -0.39 is 0 Å². The van der Waals surface area contributed by atoms with Gasteiger partial charge < -0.3 is 15.0 Å². The summed E-state index contributed by atoms with van der Waals surface area (Å²) in [7, 11) is 3.80. The number of ether oxygens (including phenoxy) is 1. The van der Waals surface area contributed by atoms with Crippen LogP contribution in [0.2, 0.25) is 0 Å². The summed E-state index contributed by atoms with van der Waals surface area (Å²) in [6, 6.07) is 20.3. The minimum atomic E-state index is 0.619. The summed E-state index contributed by atoms with van der Waals surface area (Å²) in [4.78, 5) is 6.43. The Kier molecular flexibility index (Phi) is 7.21. The molecule has 0 spiro atoms. The topological polar surface area (TPSA) is 54.7 Å². The molecule has 0 fully saturated rings. The van der Waals surface area contributed by atoms with Crippen molar-refractivity contribution in [1.29, 1.82) is 0 Å². The van der Waals surface area contributed by atoms with E-state index in [1.54, 1.807) is 7.05 Å². The zero-order valence-corrected chi connectivity index (χ0v) is 16.5. The van der Waals surface area contributed by atoms with E-state index in [-0.39, 0.29) is 0 Å². The predicted octanol–water partition coefficient (Wildman–Crippen LogP) is 3.10. The number of hydrogen-bond acceptors (Lipinski definition) is 3. The van der Waals surface area contributed by atoms with Gasteiger partial charge in [0.25, 0.3) is 0 Å². The molecule has 6 nitrogen and oxygen atoms in total. The van der Waals surface area contributed by atoms with Crippen molar-refractivity contribution in [2.45, 2.75) is 13.2 Å². The molecule has 0 aliphatic rings. The molecule has 1 heterocycles. The summed E-state index contributed by atoms with van der Waals surface area (Å²) in [6.07, 6.45) is 3.93. The number of aliphatic imine (C=N–C) groups is 1. The monoisotopic (exact) mass is 377 g/mol. The molecule has 0 amide bonds. The largest absolute Gasteiger partial charge is 0.375 e. The number of hydrogen-bond donors (Lipinski definition) is 1. The number of aromatic nitrogens is 2. The summed E-state index contributed by atoms with van der Waals surface area (Å²) >= 11 is 0. The number of benzene rings is 2. The lowest BCUT2D eigenvalue weighted by Crippen LogP contribution is -2.39. The van der Waals surface area contributed by atoms with Crippen LogP contribution in [0.4, 0.5) is 0 Å². The third-order valence-corrected chi connectivity index (χ3v) is 4.29. The molecule has 0 saturated heterocycles. The quantitative estimate of drug-likeness (QED) is 0.372. The fourth-order valence-electron chi connectivity index (χ4n) is 2.90. The molecule has 0 radical (unpaired) electrons. The van der Waals surface area contributed by atoms with Crippen LogP contribution in [0.15, 0.2) is 78.0 Å². The molecule has 3 aromatic rings. The van der Waals surface area contributed by atoms with Crippen molar-refractivity contribution in [3.05, 3.63) is 84.2 Å². The summed E-state index contributed by atoms with van der Waals surface area (Å²) in [5, 5.41) is 7.79. The summed E-state index contributed by atoms with van der Waals surface area (Å²) in [5.74, 6) is 0.829. The van der Waals surface area contributed by atoms with Crippen molar-refractivity contribution in [2.24, 2.45) is 4.99 Å². The van der Waals surface area contributed by atoms with Crippen molar-refractivity contribution >= 4 is 5.96 Å². The van der Waals surface area contributed by atoms with Crippen LogP contribution in [0.25, 0.3) is 5.69 Å². The molecule has 2 aromatic carbocycles. The molecule has 0 unspecified atom stereocenters. The van der Waals surface area contributed by atoms with Gasteiger partial charge in [0.2, 0.25) is 0 Å². The van der Waals surface area contributed by atoms with Gasteiger partial charge in [-0.3, -0.25) is 4.99 Å².